The maximum atomic E-state index is 12.3. The van der Waals surface area contributed by atoms with E-state index in [1.807, 2.05) is 6.92 Å². The van der Waals surface area contributed by atoms with E-state index in [1.165, 1.54) is 4.90 Å². The number of carboxylic acids is 2. The summed E-state index contributed by atoms with van der Waals surface area (Å²) in [5.74, 6) is -2.35. The number of nitrogens with one attached hydrogen (secondary N) is 2. The van der Waals surface area contributed by atoms with Gasteiger partial charge in [0.05, 0.1) is 19.6 Å². The molecular weight excluding hydrogens is 376 g/mol. The van der Waals surface area contributed by atoms with Crippen molar-refractivity contribution >= 4 is 17.8 Å². The van der Waals surface area contributed by atoms with Gasteiger partial charge in [-0.1, -0.05) is 31.7 Å². The van der Waals surface area contributed by atoms with Crippen molar-refractivity contribution in [1.29, 1.82) is 0 Å². The summed E-state index contributed by atoms with van der Waals surface area (Å²) in [5, 5.41) is 24.1. The number of rotatable bonds is 17. The number of carbonyl (C=O) groups is 3. The molecule has 0 bridgehead atoms. The third kappa shape index (κ3) is 15.1. The van der Waals surface area contributed by atoms with E-state index in [9.17, 15) is 14.4 Å². The Bertz CT molecular complexity index is 589. The standard InChI is InChI=1S/C20H34N4O5/c1-4-7-8-17(6-3)22-18(25)14-24(16-20(28)29)13-12-23(15-19(26)27)11-10-21-9-5-2/h4,6-8,21H,1,5,9-16H2,2-3H3,(H,22,25)(H,26,27)(H,28,29)/b8-7-,17-6+. The second-order valence-electron chi connectivity index (χ2n) is 6.41. The van der Waals surface area contributed by atoms with Gasteiger partial charge in [-0.15, -0.1) is 0 Å². The fourth-order valence-corrected chi connectivity index (χ4v) is 2.47. The van der Waals surface area contributed by atoms with Crippen LogP contribution >= 0.6 is 0 Å². The van der Waals surface area contributed by atoms with Crippen molar-refractivity contribution in [1.82, 2.24) is 20.4 Å². The highest BCUT2D eigenvalue weighted by atomic mass is 16.4. The van der Waals surface area contributed by atoms with Crippen molar-refractivity contribution in [3.8, 4) is 0 Å². The third-order valence-electron chi connectivity index (χ3n) is 3.86. The Kier molecular flexibility index (Phi) is 15.0. The monoisotopic (exact) mass is 410 g/mol. The summed E-state index contributed by atoms with van der Waals surface area (Å²) >= 11 is 0. The Hall–Kier alpha value is -2.49. The number of amides is 1. The quantitative estimate of drug-likeness (QED) is 0.202. The second kappa shape index (κ2) is 16.5. The molecule has 0 aliphatic carbocycles. The molecular formula is C20H34N4O5. The zero-order valence-corrected chi connectivity index (χ0v) is 17.4. The summed E-state index contributed by atoms with van der Waals surface area (Å²) in [6.45, 7) is 9.43. The minimum Gasteiger partial charge on any atom is -0.480 e. The predicted octanol–water partition coefficient (Wildman–Crippen LogP) is 0.521. The Labute approximate surface area is 172 Å². The van der Waals surface area contributed by atoms with Crippen molar-refractivity contribution in [2.45, 2.75) is 20.3 Å². The molecule has 0 fully saturated rings. The van der Waals surface area contributed by atoms with Gasteiger partial charge in [0.1, 0.15) is 0 Å². The Morgan fingerprint density at radius 2 is 1.59 bits per heavy atom. The Morgan fingerprint density at radius 3 is 2.14 bits per heavy atom. The van der Waals surface area contributed by atoms with Gasteiger partial charge in [0.15, 0.2) is 0 Å². The summed E-state index contributed by atoms with van der Waals surface area (Å²) in [7, 11) is 0. The van der Waals surface area contributed by atoms with E-state index in [2.05, 4.69) is 17.2 Å². The van der Waals surface area contributed by atoms with Gasteiger partial charge in [-0.3, -0.25) is 24.2 Å². The number of hydrogen-bond donors (Lipinski definition) is 4. The molecule has 9 nitrogen and oxygen atoms in total. The zero-order chi connectivity index (χ0) is 22.1. The first-order chi connectivity index (χ1) is 13.8. The smallest absolute Gasteiger partial charge is 0.317 e. The average Bonchev–Trinajstić information content (AvgIpc) is 2.65. The van der Waals surface area contributed by atoms with Crippen molar-refractivity contribution in [3.63, 3.8) is 0 Å². The molecule has 9 heteroatoms. The molecule has 164 valence electrons. The molecule has 0 aromatic carbocycles. The summed E-state index contributed by atoms with van der Waals surface area (Å²) in [5.41, 5.74) is 0.583. The minimum absolute atomic E-state index is 0.111. The topological polar surface area (TPSA) is 122 Å². The lowest BCUT2D eigenvalue weighted by atomic mass is 10.3. The van der Waals surface area contributed by atoms with E-state index in [0.717, 1.165) is 13.0 Å². The molecule has 4 N–H and O–H groups in total. The summed E-state index contributed by atoms with van der Waals surface area (Å²) in [6, 6.07) is 0. The lowest BCUT2D eigenvalue weighted by Crippen LogP contribution is -2.45. The van der Waals surface area contributed by atoms with Crippen LogP contribution in [-0.2, 0) is 14.4 Å². The number of allylic oxidation sites excluding steroid dienone is 4. The van der Waals surface area contributed by atoms with Crippen LogP contribution in [0.15, 0.2) is 36.6 Å². The number of aliphatic carboxylic acids is 2. The van der Waals surface area contributed by atoms with Gasteiger partial charge < -0.3 is 20.8 Å². The number of hydrogen-bond acceptors (Lipinski definition) is 6. The van der Waals surface area contributed by atoms with Crippen molar-refractivity contribution in [2.75, 3.05) is 52.4 Å². The lowest BCUT2D eigenvalue weighted by Gasteiger charge is -2.25. The second-order valence-corrected chi connectivity index (χ2v) is 6.41. The highest BCUT2D eigenvalue weighted by Crippen LogP contribution is 1.97. The van der Waals surface area contributed by atoms with Crippen LogP contribution in [0.2, 0.25) is 0 Å². The first kappa shape index (κ1) is 26.5. The van der Waals surface area contributed by atoms with Gasteiger partial charge in [0.25, 0.3) is 0 Å². The normalized spacial score (nSPS) is 11.9. The van der Waals surface area contributed by atoms with E-state index in [1.54, 1.807) is 36.1 Å². The largest absolute Gasteiger partial charge is 0.480 e. The molecule has 0 aliphatic heterocycles. The first-order valence-electron chi connectivity index (χ1n) is 9.66. The highest BCUT2D eigenvalue weighted by molar-refractivity contribution is 5.81. The van der Waals surface area contributed by atoms with Gasteiger partial charge in [-0.05, 0) is 26.0 Å². The number of nitrogens with zero attached hydrogens (tertiary/aromatic N) is 2. The van der Waals surface area contributed by atoms with Crippen LogP contribution in [0.4, 0.5) is 0 Å². The molecule has 0 spiro atoms. The minimum atomic E-state index is -1.05. The molecule has 0 unspecified atom stereocenters. The summed E-state index contributed by atoms with van der Waals surface area (Å²) in [4.78, 5) is 37.7. The summed E-state index contributed by atoms with van der Waals surface area (Å²) in [6.07, 6.45) is 7.65. The van der Waals surface area contributed by atoms with Crippen LogP contribution in [0.25, 0.3) is 0 Å². The van der Waals surface area contributed by atoms with E-state index in [-0.39, 0.29) is 32.1 Å². The van der Waals surface area contributed by atoms with Crippen molar-refractivity contribution in [2.24, 2.45) is 0 Å². The van der Waals surface area contributed by atoms with Gasteiger partial charge in [0, 0.05) is 31.9 Å². The van der Waals surface area contributed by atoms with Crippen molar-refractivity contribution in [3.05, 3.63) is 36.6 Å². The molecule has 1 amide bonds. The predicted molar refractivity (Wildman–Crippen MR) is 113 cm³/mol. The molecule has 0 saturated carbocycles. The summed E-state index contributed by atoms with van der Waals surface area (Å²) < 4.78 is 0. The van der Waals surface area contributed by atoms with Gasteiger partial charge >= 0.3 is 11.9 Å². The van der Waals surface area contributed by atoms with Crippen LogP contribution in [0.5, 0.6) is 0 Å². The molecule has 0 heterocycles. The number of carboxylic acid groups (broad SMARTS) is 2. The van der Waals surface area contributed by atoms with Crippen LogP contribution in [-0.4, -0.2) is 90.2 Å². The Morgan fingerprint density at radius 1 is 0.966 bits per heavy atom. The molecule has 29 heavy (non-hydrogen) atoms. The molecule has 0 aromatic rings. The lowest BCUT2D eigenvalue weighted by molar-refractivity contribution is -0.140. The Balaban J connectivity index is 4.81. The molecule has 0 rings (SSSR count). The SMILES string of the molecule is C=C/C=C\C(=C/C)NC(=O)CN(CCN(CCNCCC)CC(=O)O)CC(=O)O. The van der Waals surface area contributed by atoms with E-state index in [0.29, 0.717) is 25.3 Å². The van der Waals surface area contributed by atoms with Crippen molar-refractivity contribution < 1.29 is 24.6 Å². The molecule has 0 atom stereocenters. The van der Waals surface area contributed by atoms with Crippen LogP contribution in [0, 0.1) is 0 Å². The van der Waals surface area contributed by atoms with Crippen LogP contribution < -0.4 is 10.6 Å². The van der Waals surface area contributed by atoms with Crippen LogP contribution in [0.1, 0.15) is 20.3 Å². The zero-order valence-electron chi connectivity index (χ0n) is 17.4. The van der Waals surface area contributed by atoms with Gasteiger partial charge in [-0.25, -0.2) is 0 Å². The van der Waals surface area contributed by atoms with E-state index < -0.39 is 11.9 Å². The number of carbonyl (C=O) groups excluding carboxylic acids is 1. The average molecular weight is 411 g/mol. The van der Waals surface area contributed by atoms with E-state index >= 15 is 0 Å². The highest BCUT2D eigenvalue weighted by Gasteiger charge is 2.17. The third-order valence-corrected chi connectivity index (χ3v) is 3.86. The molecule has 0 radical (unpaired) electrons. The van der Waals surface area contributed by atoms with Gasteiger partial charge in [-0.2, -0.15) is 0 Å². The maximum Gasteiger partial charge on any atom is 0.317 e. The molecule has 0 aliphatic rings. The van der Waals surface area contributed by atoms with E-state index in [4.69, 9.17) is 10.2 Å². The van der Waals surface area contributed by atoms with Gasteiger partial charge in [0.2, 0.25) is 5.91 Å². The molecule has 0 saturated heterocycles. The van der Waals surface area contributed by atoms with Crippen LogP contribution in [0.3, 0.4) is 0 Å². The molecule has 0 aromatic heterocycles. The fourth-order valence-electron chi connectivity index (χ4n) is 2.47. The first-order valence-corrected chi connectivity index (χ1v) is 9.66. The maximum absolute atomic E-state index is 12.3. The fraction of sp³-hybridized carbons (Fsp3) is 0.550.